The molecule has 0 saturated carbocycles. The molecule has 0 radical (unpaired) electrons. The summed E-state index contributed by atoms with van der Waals surface area (Å²) in [5.74, 6) is -0.0324. The predicted octanol–water partition coefficient (Wildman–Crippen LogP) is 3.90. The molecule has 2 aliphatic rings. The molecule has 6 nitrogen and oxygen atoms in total. The van der Waals surface area contributed by atoms with Crippen LogP contribution in [0.1, 0.15) is 36.8 Å². The molecule has 1 unspecified atom stereocenters. The van der Waals surface area contributed by atoms with Crippen molar-refractivity contribution in [2.45, 2.75) is 44.6 Å². The second kappa shape index (κ2) is 8.44. The van der Waals surface area contributed by atoms with E-state index < -0.39 is 0 Å². The van der Waals surface area contributed by atoms with Crippen molar-refractivity contribution in [3.63, 3.8) is 0 Å². The lowest BCUT2D eigenvalue weighted by molar-refractivity contribution is -0.117. The number of nitrogens with one attached hydrogen (secondary N) is 4. The van der Waals surface area contributed by atoms with Crippen LogP contribution in [-0.4, -0.2) is 24.5 Å². The molecule has 1 saturated heterocycles. The SMILES string of the molecule is O=C(Nc1cccc(NC(=O)C2CCCN2)c1)Nc1cccc2c1CCCC2. The molecule has 0 spiro atoms. The number of carbonyl (C=O) groups excluding carboxylic acids is 2. The number of rotatable bonds is 4. The van der Waals surface area contributed by atoms with E-state index in [-0.39, 0.29) is 18.0 Å². The third-order valence-corrected chi connectivity index (χ3v) is 5.41. The van der Waals surface area contributed by atoms with Gasteiger partial charge in [0.1, 0.15) is 0 Å². The van der Waals surface area contributed by atoms with E-state index in [9.17, 15) is 9.59 Å². The molecular weight excluding hydrogens is 352 g/mol. The van der Waals surface area contributed by atoms with Crippen molar-refractivity contribution in [1.29, 1.82) is 0 Å². The van der Waals surface area contributed by atoms with E-state index in [1.54, 1.807) is 6.07 Å². The first-order valence-corrected chi connectivity index (χ1v) is 10.0. The van der Waals surface area contributed by atoms with Gasteiger partial charge in [-0.25, -0.2) is 4.79 Å². The summed E-state index contributed by atoms with van der Waals surface area (Å²) in [6.07, 6.45) is 6.31. The largest absolute Gasteiger partial charge is 0.325 e. The molecular formula is C22H26N4O2. The molecule has 1 heterocycles. The van der Waals surface area contributed by atoms with Crippen LogP contribution in [0.5, 0.6) is 0 Å². The normalized spacial score (nSPS) is 18.2. The summed E-state index contributed by atoms with van der Waals surface area (Å²) >= 11 is 0. The van der Waals surface area contributed by atoms with Crippen molar-refractivity contribution in [3.05, 3.63) is 53.6 Å². The van der Waals surface area contributed by atoms with Gasteiger partial charge in [-0.15, -0.1) is 0 Å². The highest BCUT2D eigenvalue weighted by Crippen LogP contribution is 2.28. The fourth-order valence-electron chi connectivity index (χ4n) is 4.00. The van der Waals surface area contributed by atoms with E-state index in [1.165, 1.54) is 17.5 Å². The minimum Gasteiger partial charge on any atom is -0.325 e. The monoisotopic (exact) mass is 378 g/mol. The maximum Gasteiger partial charge on any atom is 0.323 e. The number of carbonyl (C=O) groups is 2. The van der Waals surface area contributed by atoms with Crippen LogP contribution in [-0.2, 0) is 17.6 Å². The fourth-order valence-corrected chi connectivity index (χ4v) is 4.00. The van der Waals surface area contributed by atoms with E-state index in [2.05, 4.69) is 27.3 Å². The van der Waals surface area contributed by atoms with Crippen LogP contribution in [0.2, 0.25) is 0 Å². The first kappa shape index (κ1) is 18.5. The van der Waals surface area contributed by atoms with Gasteiger partial charge in [0.05, 0.1) is 6.04 Å². The summed E-state index contributed by atoms with van der Waals surface area (Å²) in [7, 11) is 0. The highest BCUT2D eigenvalue weighted by Gasteiger charge is 2.22. The number of fused-ring (bicyclic) bond motifs is 1. The highest BCUT2D eigenvalue weighted by molar-refractivity contribution is 6.01. The summed E-state index contributed by atoms with van der Waals surface area (Å²) in [4.78, 5) is 24.7. The van der Waals surface area contributed by atoms with Gasteiger partial charge in [0.15, 0.2) is 0 Å². The Hall–Kier alpha value is -2.86. The number of aryl methyl sites for hydroxylation is 1. The molecule has 3 amide bonds. The van der Waals surface area contributed by atoms with Crippen molar-refractivity contribution < 1.29 is 9.59 Å². The Bertz CT molecular complexity index is 875. The average Bonchev–Trinajstić information content (AvgIpc) is 3.23. The molecule has 6 heteroatoms. The van der Waals surface area contributed by atoms with Gasteiger partial charge in [-0.05, 0) is 80.5 Å². The minimum atomic E-state index is -0.278. The summed E-state index contributed by atoms with van der Waals surface area (Å²) in [6, 6.07) is 12.9. The lowest BCUT2D eigenvalue weighted by Crippen LogP contribution is -2.35. The standard InChI is InChI=1S/C22H26N4O2/c27-21(20-12-5-13-23-20)24-16-8-4-9-17(14-16)25-22(28)26-19-11-3-7-15-6-1-2-10-18(15)19/h3-4,7-9,11,14,20,23H,1-2,5-6,10,12-13H2,(H,24,27)(H2,25,26,28). The van der Waals surface area contributed by atoms with Crippen LogP contribution in [0.4, 0.5) is 21.9 Å². The minimum absolute atomic E-state index is 0.0324. The molecule has 1 aliphatic heterocycles. The molecule has 4 rings (SSSR count). The summed E-state index contributed by atoms with van der Waals surface area (Å²) in [5.41, 5.74) is 4.77. The lowest BCUT2D eigenvalue weighted by Gasteiger charge is -2.19. The van der Waals surface area contributed by atoms with Crippen LogP contribution < -0.4 is 21.3 Å². The van der Waals surface area contributed by atoms with Crippen LogP contribution in [0.15, 0.2) is 42.5 Å². The topological polar surface area (TPSA) is 82.3 Å². The fraction of sp³-hybridized carbons (Fsp3) is 0.364. The molecule has 1 fully saturated rings. The van der Waals surface area contributed by atoms with Crippen molar-refractivity contribution in [1.82, 2.24) is 5.32 Å². The van der Waals surface area contributed by atoms with Gasteiger partial charge < -0.3 is 21.3 Å². The quantitative estimate of drug-likeness (QED) is 0.651. The molecule has 0 bridgehead atoms. The predicted molar refractivity (Wildman–Crippen MR) is 112 cm³/mol. The van der Waals surface area contributed by atoms with E-state index in [4.69, 9.17) is 0 Å². The van der Waals surface area contributed by atoms with Crippen LogP contribution >= 0.6 is 0 Å². The Morgan fingerprint density at radius 1 is 0.893 bits per heavy atom. The molecule has 2 aromatic rings. The molecule has 0 aromatic heterocycles. The van der Waals surface area contributed by atoms with Crippen molar-refractivity contribution >= 4 is 29.0 Å². The second-order valence-corrected chi connectivity index (χ2v) is 7.45. The van der Waals surface area contributed by atoms with Crippen molar-refractivity contribution in [2.75, 3.05) is 22.5 Å². The van der Waals surface area contributed by atoms with E-state index in [1.807, 2.05) is 30.3 Å². The number of hydrogen-bond donors (Lipinski definition) is 4. The maximum absolute atomic E-state index is 12.5. The molecule has 2 aromatic carbocycles. The molecule has 4 N–H and O–H groups in total. The highest BCUT2D eigenvalue weighted by atomic mass is 16.2. The van der Waals surface area contributed by atoms with Gasteiger partial charge in [0.25, 0.3) is 0 Å². The third-order valence-electron chi connectivity index (χ3n) is 5.41. The molecule has 1 atom stereocenters. The van der Waals surface area contributed by atoms with Gasteiger partial charge in [0.2, 0.25) is 5.91 Å². The maximum atomic E-state index is 12.5. The Morgan fingerprint density at radius 2 is 1.68 bits per heavy atom. The van der Waals surface area contributed by atoms with Crippen molar-refractivity contribution in [2.24, 2.45) is 0 Å². The van der Waals surface area contributed by atoms with Gasteiger partial charge in [-0.3, -0.25) is 4.79 Å². The van der Waals surface area contributed by atoms with E-state index in [0.717, 1.165) is 44.3 Å². The number of hydrogen-bond acceptors (Lipinski definition) is 3. The van der Waals surface area contributed by atoms with E-state index in [0.29, 0.717) is 11.4 Å². The Morgan fingerprint density at radius 3 is 2.50 bits per heavy atom. The smallest absolute Gasteiger partial charge is 0.323 e. The van der Waals surface area contributed by atoms with Gasteiger partial charge in [0, 0.05) is 17.1 Å². The zero-order chi connectivity index (χ0) is 19.3. The number of benzene rings is 2. The molecule has 146 valence electrons. The van der Waals surface area contributed by atoms with Crippen molar-refractivity contribution in [3.8, 4) is 0 Å². The zero-order valence-electron chi connectivity index (χ0n) is 15.9. The average molecular weight is 378 g/mol. The lowest BCUT2D eigenvalue weighted by atomic mass is 9.90. The first-order valence-electron chi connectivity index (χ1n) is 10.0. The summed E-state index contributed by atoms with van der Waals surface area (Å²) in [6.45, 7) is 0.878. The number of anilines is 3. The van der Waals surface area contributed by atoms with Gasteiger partial charge in [-0.2, -0.15) is 0 Å². The third kappa shape index (κ3) is 4.34. The van der Waals surface area contributed by atoms with Crippen LogP contribution in [0.25, 0.3) is 0 Å². The molecule has 28 heavy (non-hydrogen) atoms. The molecule has 1 aliphatic carbocycles. The van der Waals surface area contributed by atoms with Crippen LogP contribution in [0, 0.1) is 0 Å². The zero-order valence-corrected chi connectivity index (χ0v) is 15.9. The number of urea groups is 1. The van der Waals surface area contributed by atoms with Gasteiger partial charge >= 0.3 is 6.03 Å². The first-order chi connectivity index (χ1) is 13.7. The van der Waals surface area contributed by atoms with Gasteiger partial charge in [-0.1, -0.05) is 18.2 Å². The van der Waals surface area contributed by atoms with Crippen LogP contribution in [0.3, 0.4) is 0 Å². The Labute approximate surface area is 165 Å². The van der Waals surface area contributed by atoms with E-state index >= 15 is 0 Å². The Balaban J connectivity index is 1.39. The second-order valence-electron chi connectivity index (χ2n) is 7.45. The summed E-state index contributed by atoms with van der Waals surface area (Å²) < 4.78 is 0. The Kier molecular flexibility index (Phi) is 5.58. The number of amides is 3. The summed E-state index contributed by atoms with van der Waals surface area (Å²) in [5, 5.41) is 11.9.